The molecular formula is C25H32N3O3+. The van der Waals surface area contributed by atoms with Gasteiger partial charge in [0.25, 0.3) is 11.8 Å². The highest BCUT2D eigenvalue weighted by Crippen LogP contribution is 2.28. The summed E-state index contributed by atoms with van der Waals surface area (Å²) in [6, 6.07) is 15.0. The normalized spacial score (nSPS) is 22.8. The summed E-state index contributed by atoms with van der Waals surface area (Å²) in [5, 5.41) is 5.87. The van der Waals surface area contributed by atoms with Crippen molar-refractivity contribution in [1.82, 2.24) is 0 Å². The van der Waals surface area contributed by atoms with Crippen LogP contribution in [0.15, 0.2) is 48.5 Å². The second-order valence-electron chi connectivity index (χ2n) is 8.66. The molecule has 1 unspecified atom stereocenters. The van der Waals surface area contributed by atoms with Crippen LogP contribution in [0.4, 0.5) is 11.4 Å². The molecule has 1 saturated heterocycles. The number of carbonyl (C=O) groups excluding carboxylic acids is 2. The summed E-state index contributed by atoms with van der Waals surface area (Å²) < 4.78 is 5.28. The lowest BCUT2D eigenvalue weighted by molar-refractivity contribution is -0.928. The van der Waals surface area contributed by atoms with Gasteiger partial charge < -0.3 is 20.3 Å². The Balaban J connectivity index is 1.32. The number of nitrogens with one attached hydrogen (secondary N) is 3. The summed E-state index contributed by atoms with van der Waals surface area (Å²) in [5.74, 6) is 1.24. The van der Waals surface area contributed by atoms with Crippen molar-refractivity contribution in [3.63, 3.8) is 0 Å². The molecule has 2 aromatic rings. The van der Waals surface area contributed by atoms with E-state index in [1.807, 2.05) is 12.1 Å². The van der Waals surface area contributed by atoms with Crippen molar-refractivity contribution in [2.45, 2.75) is 44.6 Å². The van der Waals surface area contributed by atoms with E-state index in [1.165, 1.54) is 43.4 Å². The minimum atomic E-state index is -0.219. The molecule has 0 radical (unpaired) electrons. The quantitative estimate of drug-likeness (QED) is 0.670. The lowest BCUT2D eigenvalue weighted by Gasteiger charge is -2.40. The van der Waals surface area contributed by atoms with E-state index in [1.54, 1.807) is 43.5 Å². The number of amides is 2. The number of carbonyl (C=O) groups is 2. The molecule has 1 heterocycles. The van der Waals surface area contributed by atoms with E-state index in [2.05, 4.69) is 10.6 Å². The molecule has 4 rings (SSSR count). The third kappa shape index (κ3) is 5.25. The van der Waals surface area contributed by atoms with Crippen LogP contribution in [0.1, 0.15) is 48.9 Å². The molecule has 2 amide bonds. The van der Waals surface area contributed by atoms with Gasteiger partial charge in [-0.2, -0.15) is 0 Å². The Morgan fingerprint density at radius 1 is 0.968 bits per heavy atom. The van der Waals surface area contributed by atoms with Crippen LogP contribution < -0.4 is 20.3 Å². The molecule has 3 N–H and O–H groups in total. The van der Waals surface area contributed by atoms with Crippen molar-refractivity contribution in [3.8, 4) is 5.75 Å². The molecule has 6 nitrogen and oxygen atoms in total. The van der Waals surface area contributed by atoms with Crippen molar-refractivity contribution in [3.05, 3.63) is 54.1 Å². The summed E-state index contributed by atoms with van der Waals surface area (Å²) >= 11 is 0. The number of quaternary nitrogens is 1. The van der Waals surface area contributed by atoms with E-state index in [4.69, 9.17) is 4.74 Å². The molecule has 0 aromatic heterocycles. The number of benzene rings is 2. The molecule has 0 bridgehead atoms. The zero-order valence-electron chi connectivity index (χ0n) is 18.2. The number of hydrogen-bond donors (Lipinski definition) is 3. The standard InChI is InChI=1S/C25H31N3O3/c1-31-23-11-5-3-9-21(23)27-25(30)19-12-14-20(15-13-19)26-24(29)17-28-16-6-8-18-7-2-4-10-22(18)28/h3,5,9,11-15,18,22H,2,4,6-8,10,16-17H2,1H3,(H,26,29)(H,27,30)/p+1/t18-,22-/m0/s1. The molecule has 2 fully saturated rings. The topological polar surface area (TPSA) is 71.9 Å². The highest BCUT2D eigenvalue weighted by atomic mass is 16.5. The van der Waals surface area contributed by atoms with Crippen LogP contribution in [0.2, 0.25) is 0 Å². The molecule has 1 aliphatic carbocycles. The zero-order valence-corrected chi connectivity index (χ0v) is 18.2. The number of rotatable bonds is 6. The lowest BCUT2D eigenvalue weighted by Crippen LogP contribution is -3.18. The average Bonchev–Trinajstić information content (AvgIpc) is 2.80. The highest BCUT2D eigenvalue weighted by molar-refractivity contribution is 6.05. The van der Waals surface area contributed by atoms with E-state index in [9.17, 15) is 9.59 Å². The number of fused-ring (bicyclic) bond motifs is 1. The predicted molar refractivity (Wildman–Crippen MR) is 122 cm³/mol. The fourth-order valence-corrected chi connectivity index (χ4v) is 5.15. The maximum atomic E-state index is 12.7. The summed E-state index contributed by atoms with van der Waals surface area (Å²) in [4.78, 5) is 26.7. The van der Waals surface area contributed by atoms with Crippen molar-refractivity contribution in [1.29, 1.82) is 0 Å². The van der Waals surface area contributed by atoms with Crippen LogP contribution in [0.3, 0.4) is 0 Å². The first-order chi connectivity index (χ1) is 15.1. The zero-order chi connectivity index (χ0) is 21.6. The molecule has 3 atom stereocenters. The van der Waals surface area contributed by atoms with Crippen LogP contribution in [-0.4, -0.2) is 38.1 Å². The second-order valence-corrected chi connectivity index (χ2v) is 8.66. The largest absolute Gasteiger partial charge is 0.495 e. The Labute approximate surface area is 184 Å². The molecule has 1 aliphatic heterocycles. The third-order valence-electron chi connectivity index (χ3n) is 6.68. The Morgan fingerprint density at radius 3 is 2.52 bits per heavy atom. The number of para-hydroxylation sites is 2. The van der Waals surface area contributed by atoms with Crippen LogP contribution in [0.25, 0.3) is 0 Å². The van der Waals surface area contributed by atoms with Gasteiger partial charge in [0.1, 0.15) is 5.75 Å². The first-order valence-corrected chi connectivity index (χ1v) is 11.3. The van der Waals surface area contributed by atoms with E-state index >= 15 is 0 Å². The van der Waals surface area contributed by atoms with Crippen molar-refractivity contribution in [2.24, 2.45) is 5.92 Å². The van der Waals surface area contributed by atoms with E-state index < -0.39 is 0 Å². The molecule has 164 valence electrons. The van der Waals surface area contributed by atoms with Gasteiger partial charge in [0.2, 0.25) is 0 Å². The second kappa shape index (κ2) is 9.96. The minimum absolute atomic E-state index is 0.0486. The van der Waals surface area contributed by atoms with E-state index in [0.29, 0.717) is 29.6 Å². The van der Waals surface area contributed by atoms with Crippen molar-refractivity contribution < 1.29 is 19.2 Å². The molecule has 2 aliphatic rings. The third-order valence-corrected chi connectivity index (χ3v) is 6.68. The summed E-state index contributed by atoms with van der Waals surface area (Å²) in [7, 11) is 1.57. The van der Waals surface area contributed by atoms with Gasteiger partial charge in [-0.15, -0.1) is 0 Å². The Morgan fingerprint density at radius 2 is 1.71 bits per heavy atom. The van der Waals surface area contributed by atoms with Gasteiger partial charge in [-0.25, -0.2) is 0 Å². The van der Waals surface area contributed by atoms with Gasteiger partial charge in [-0.1, -0.05) is 18.6 Å². The number of ether oxygens (including phenoxy) is 1. The van der Waals surface area contributed by atoms with Gasteiger partial charge in [0, 0.05) is 17.2 Å². The molecule has 6 heteroatoms. The summed E-state index contributed by atoms with van der Waals surface area (Å²) in [6.07, 6.45) is 7.77. The average molecular weight is 423 g/mol. The SMILES string of the molecule is COc1ccccc1NC(=O)c1ccc(NC(=O)C[NH+]2CCC[C@@H]3CCCC[C@@H]32)cc1. The molecule has 31 heavy (non-hydrogen) atoms. The fourth-order valence-electron chi connectivity index (χ4n) is 5.15. The van der Waals surface area contributed by atoms with Crippen LogP contribution >= 0.6 is 0 Å². The van der Waals surface area contributed by atoms with Gasteiger partial charge in [-0.3, -0.25) is 9.59 Å². The smallest absolute Gasteiger partial charge is 0.279 e. The fraction of sp³-hybridized carbons (Fsp3) is 0.440. The monoisotopic (exact) mass is 422 g/mol. The number of hydrogen-bond acceptors (Lipinski definition) is 3. The Hall–Kier alpha value is -2.86. The number of likely N-dealkylation sites (tertiary alicyclic amines) is 1. The predicted octanol–water partition coefficient (Wildman–Crippen LogP) is 3.12. The van der Waals surface area contributed by atoms with Gasteiger partial charge in [-0.05, 0) is 68.5 Å². The van der Waals surface area contributed by atoms with E-state index in [-0.39, 0.29) is 11.8 Å². The van der Waals surface area contributed by atoms with Crippen LogP contribution in [0.5, 0.6) is 5.75 Å². The molecule has 2 aromatic carbocycles. The summed E-state index contributed by atoms with van der Waals surface area (Å²) in [5.41, 5.74) is 1.86. The first kappa shape index (κ1) is 21.4. The molecular weight excluding hydrogens is 390 g/mol. The minimum Gasteiger partial charge on any atom is -0.495 e. The van der Waals surface area contributed by atoms with E-state index in [0.717, 1.165) is 18.2 Å². The number of anilines is 2. The first-order valence-electron chi connectivity index (χ1n) is 11.3. The molecule has 0 spiro atoms. The number of methoxy groups -OCH3 is 1. The van der Waals surface area contributed by atoms with Gasteiger partial charge in [0.05, 0.1) is 25.4 Å². The Kier molecular flexibility index (Phi) is 6.87. The van der Waals surface area contributed by atoms with Crippen LogP contribution in [0, 0.1) is 5.92 Å². The summed E-state index contributed by atoms with van der Waals surface area (Å²) in [6.45, 7) is 1.62. The van der Waals surface area contributed by atoms with Gasteiger partial charge >= 0.3 is 0 Å². The lowest BCUT2D eigenvalue weighted by atomic mass is 9.78. The Bertz CT molecular complexity index is 910. The number of piperidine rings is 1. The van der Waals surface area contributed by atoms with Crippen molar-refractivity contribution >= 4 is 23.2 Å². The molecule has 1 saturated carbocycles. The van der Waals surface area contributed by atoms with Crippen LogP contribution in [-0.2, 0) is 4.79 Å². The van der Waals surface area contributed by atoms with Gasteiger partial charge in [0.15, 0.2) is 6.54 Å². The highest BCUT2D eigenvalue weighted by Gasteiger charge is 2.37. The van der Waals surface area contributed by atoms with Crippen molar-refractivity contribution in [2.75, 3.05) is 30.8 Å². The maximum absolute atomic E-state index is 12.7. The maximum Gasteiger partial charge on any atom is 0.279 e.